The summed E-state index contributed by atoms with van der Waals surface area (Å²) >= 11 is 1.55. The largest absolute Gasteiger partial charge is 0.477 e. The van der Waals surface area contributed by atoms with Gasteiger partial charge in [0.1, 0.15) is 5.70 Å². The number of hydrogen-bond donors (Lipinski definition) is 5. The number of nitrogens with zero attached hydrogens (tertiary/aromatic N) is 1. The summed E-state index contributed by atoms with van der Waals surface area (Å²) in [4.78, 5) is 37.5. The quantitative estimate of drug-likeness (QED) is 0.334. The maximum absolute atomic E-state index is 12.3. The molecule has 2 amide bonds. The van der Waals surface area contributed by atoms with E-state index in [0.29, 0.717) is 18.4 Å². The van der Waals surface area contributed by atoms with Crippen LogP contribution in [0.25, 0.3) is 0 Å². The third-order valence-corrected chi connectivity index (χ3v) is 7.90. The zero-order valence-corrected chi connectivity index (χ0v) is 17.2. The van der Waals surface area contributed by atoms with E-state index in [0.717, 1.165) is 37.3 Å². The molecule has 160 valence electrons. The maximum atomic E-state index is 12.3. The smallest absolute Gasteiger partial charge is 0.353 e. The van der Waals surface area contributed by atoms with Crippen molar-refractivity contribution in [1.82, 2.24) is 15.5 Å². The molecule has 29 heavy (non-hydrogen) atoms. The number of aliphatic hydroxyl groups is 1. The van der Waals surface area contributed by atoms with Crippen LogP contribution in [-0.4, -0.2) is 75.5 Å². The molecule has 3 saturated heterocycles. The number of thioether (sulfide) groups is 1. The topological polar surface area (TPSA) is 145 Å². The number of nitrogens with one attached hydrogen (secondary N) is 2. The number of primary amides is 1. The summed E-state index contributed by atoms with van der Waals surface area (Å²) in [5, 5.41) is 26.4. The number of β-lactam (4-membered cyclic amide) rings is 1. The fourth-order valence-electron chi connectivity index (χ4n) is 5.20. The number of hydrogen-bond acceptors (Lipinski definition) is 7. The highest BCUT2D eigenvalue weighted by atomic mass is 32.2. The molecule has 10 heteroatoms. The summed E-state index contributed by atoms with van der Waals surface area (Å²) < 4.78 is 0. The standard InChI is InChI=1S/C19H28N4O5S/c1-8(24)15-13-5-14(16(19(27)28)23(13)18(15)26)29-11-4-10(21-7-11)2-9-3-12(17(20)25)22-6-9/h8-13,15,21-22,24H,2-7H2,1H3,(H2,20,25)(H,27,28)/t8-,9?,10-,11+,12+,13-,15-/m1/s1. The lowest BCUT2D eigenvalue weighted by molar-refractivity contribution is -0.161. The molecule has 0 aromatic carbocycles. The zero-order chi connectivity index (χ0) is 20.9. The number of carboxylic acid groups (broad SMARTS) is 1. The minimum atomic E-state index is -1.08. The predicted octanol–water partition coefficient (Wildman–Crippen LogP) is -0.789. The average molecular weight is 425 g/mol. The first kappa shape index (κ1) is 20.6. The lowest BCUT2D eigenvalue weighted by Gasteiger charge is -2.44. The van der Waals surface area contributed by atoms with Crippen molar-refractivity contribution < 1.29 is 24.6 Å². The van der Waals surface area contributed by atoms with E-state index in [1.54, 1.807) is 18.7 Å². The van der Waals surface area contributed by atoms with E-state index in [9.17, 15) is 24.6 Å². The Morgan fingerprint density at radius 1 is 1.31 bits per heavy atom. The van der Waals surface area contributed by atoms with Crippen LogP contribution in [0.4, 0.5) is 0 Å². The van der Waals surface area contributed by atoms with E-state index in [2.05, 4.69) is 10.6 Å². The summed E-state index contributed by atoms with van der Waals surface area (Å²) in [7, 11) is 0. The molecule has 0 bridgehead atoms. The summed E-state index contributed by atoms with van der Waals surface area (Å²) in [6.07, 6.45) is 2.36. The van der Waals surface area contributed by atoms with Crippen molar-refractivity contribution in [3.8, 4) is 0 Å². The molecule has 0 saturated carbocycles. The molecule has 6 N–H and O–H groups in total. The average Bonchev–Trinajstić information content (AvgIpc) is 3.33. The molecular weight excluding hydrogens is 396 g/mol. The van der Waals surface area contributed by atoms with Crippen LogP contribution in [0.3, 0.4) is 0 Å². The Kier molecular flexibility index (Phi) is 5.62. The molecule has 0 radical (unpaired) electrons. The molecule has 0 aromatic rings. The van der Waals surface area contributed by atoms with Gasteiger partial charge < -0.3 is 31.5 Å². The van der Waals surface area contributed by atoms with Gasteiger partial charge in [-0.2, -0.15) is 0 Å². The van der Waals surface area contributed by atoms with Crippen molar-refractivity contribution in [2.24, 2.45) is 17.6 Å². The van der Waals surface area contributed by atoms with E-state index in [1.807, 2.05) is 0 Å². The van der Waals surface area contributed by atoms with Crippen LogP contribution in [0.1, 0.15) is 32.6 Å². The monoisotopic (exact) mass is 424 g/mol. The van der Waals surface area contributed by atoms with Crippen LogP contribution in [0.5, 0.6) is 0 Å². The fraction of sp³-hybridized carbons (Fsp3) is 0.737. The van der Waals surface area contributed by atoms with Gasteiger partial charge in [-0.3, -0.25) is 9.59 Å². The second-order valence-corrected chi connectivity index (χ2v) is 10.00. The molecule has 0 aliphatic carbocycles. The number of amides is 2. The number of aliphatic hydroxyl groups excluding tert-OH is 1. The summed E-state index contributed by atoms with van der Waals surface area (Å²) in [5.41, 5.74) is 5.46. The second kappa shape index (κ2) is 7.90. The fourth-order valence-corrected chi connectivity index (χ4v) is 6.67. The van der Waals surface area contributed by atoms with Crippen molar-refractivity contribution in [1.29, 1.82) is 0 Å². The maximum Gasteiger partial charge on any atom is 0.353 e. The highest BCUT2D eigenvalue weighted by Gasteiger charge is 2.57. The molecule has 3 fully saturated rings. The number of carbonyl (C=O) groups is 3. The van der Waals surface area contributed by atoms with Crippen LogP contribution in [0.15, 0.2) is 10.6 Å². The van der Waals surface area contributed by atoms with Gasteiger partial charge in [-0.15, -0.1) is 11.8 Å². The summed E-state index contributed by atoms with van der Waals surface area (Å²) in [6, 6.07) is -0.154. The first-order valence-corrected chi connectivity index (χ1v) is 11.0. The van der Waals surface area contributed by atoms with Crippen molar-refractivity contribution in [2.75, 3.05) is 13.1 Å². The molecule has 4 rings (SSSR count). The van der Waals surface area contributed by atoms with Crippen LogP contribution in [-0.2, 0) is 14.4 Å². The number of carboxylic acids is 1. The lowest BCUT2D eigenvalue weighted by Crippen LogP contribution is -2.61. The van der Waals surface area contributed by atoms with Gasteiger partial charge in [-0.25, -0.2) is 4.79 Å². The Balaban J connectivity index is 1.35. The van der Waals surface area contributed by atoms with E-state index in [-0.39, 0.29) is 34.8 Å². The van der Waals surface area contributed by atoms with Crippen molar-refractivity contribution in [3.63, 3.8) is 0 Å². The van der Waals surface area contributed by atoms with Gasteiger partial charge in [0, 0.05) is 29.2 Å². The van der Waals surface area contributed by atoms with Crippen LogP contribution < -0.4 is 16.4 Å². The first-order chi connectivity index (χ1) is 13.8. The van der Waals surface area contributed by atoms with Gasteiger partial charge in [0.2, 0.25) is 11.8 Å². The molecule has 1 unspecified atom stereocenters. The van der Waals surface area contributed by atoms with Crippen LogP contribution >= 0.6 is 11.8 Å². The third kappa shape index (κ3) is 3.78. The molecule has 4 aliphatic heterocycles. The molecule has 4 heterocycles. The normalized spacial score (nSPS) is 37.6. The summed E-state index contributed by atoms with van der Waals surface area (Å²) in [6.45, 7) is 3.15. The van der Waals surface area contributed by atoms with Crippen LogP contribution in [0, 0.1) is 11.8 Å². The molecule has 0 aromatic heterocycles. The first-order valence-electron chi connectivity index (χ1n) is 10.2. The van der Waals surface area contributed by atoms with Crippen molar-refractivity contribution >= 4 is 29.5 Å². The third-order valence-electron chi connectivity index (χ3n) is 6.56. The molecule has 0 spiro atoms. The number of nitrogens with two attached hydrogens (primary N) is 1. The SMILES string of the molecule is C[C@@H](O)[C@H]1C(=O)N2C(C(=O)O)=C(S[C@@H]3CN[C@H](CC4CN[C@H](C(N)=O)C4)C3)C[C@H]12. The molecule has 4 aliphatic rings. The van der Waals surface area contributed by atoms with Gasteiger partial charge in [-0.05, 0) is 38.6 Å². The Morgan fingerprint density at radius 3 is 2.69 bits per heavy atom. The van der Waals surface area contributed by atoms with Gasteiger partial charge in [0.25, 0.3) is 0 Å². The summed E-state index contributed by atoms with van der Waals surface area (Å²) in [5.74, 6) is -1.78. The Labute approximate surface area is 173 Å². The minimum absolute atomic E-state index is 0.0923. The number of aliphatic carboxylic acids is 1. The van der Waals surface area contributed by atoms with Gasteiger partial charge in [0.05, 0.1) is 24.1 Å². The molecule has 9 nitrogen and oxygen atoms in total. The van der Waals surface area contributed by atoms with Crippen molar-refractivity contribution in [3.05, 3.63) is 10.6 Å². The predicted molar refractivity (Wildman–Crippen MR) is 107 cm³/mol. The zero-order valence-electron chi connectivity index (χ0n) is 16.3. The van der Waals surface area contributed by atoms with Gasteiger partial charge in [0.15, 0.2) is 0 Å². The second-order valence-electron chi connectivity index (χ2n) is 8.60. The van der Waals surface area contributed by atoms with E-state index < -0.39 is 18.0 Å². The number of rotatable bonds is 7. The highest BCUT2D eigenvalue weighted by Crippen LogP contribution is 2.48. The van der Waals surface area contributed by atoms with E-state index >= 15 is 0 Å². The van der Waals surface area contributed by atoms with Gasteiger partial charge >= 0.3 is 5.97 Å². The Morgan fingerprint density at radius 2 is 2.07 bits per heavy atom. The van der Waals surface area contributed by atoms with Crippen LogP contribution in [0.2, 0.25) is 0 Å². The minimum Gasteiger partial charge on any atom is -0.477 e. The Hall–Kier alpha value is -1.62. The molecular formula is C19H28N4O5S. The Bertz CT molecular complexity index is 757. The number of carbonyl (C=O) groups excluding carboxylic acids is 2. The lowest BCUT2D eigenvalue weighted by atomic mass is 9.83. The van der Waals surface area contributed by atoms with Gasteiger partial charge in [-0.1, -0.05) is 0 Å². The van der Waals surface area contributed by atoms with Crippen molar-refractivity contribution in [2.45, 2.75) is 62.1 Å². The van der Waals surface area contributed by atoms with E-state index in [4.69, 9.17) is 5.73 Å². The highest BCUT2D eigenvalue weighted by molar-refractivity contribution is 8.03. The molecule has 7 atom stereocenters. The van der Waals surface area contributed by atoms with E-state index in [1.165, 1.54) is 4.90 Å². The number of fused-ring (bicyclic) bond motifs is 1.